The summed E-state index contributed by atoms with van der Waals surface area (Å²) in [5.74, 6) is 0.672. The average Bonchev–Trinajstić information content (AvgIpc) is 3.26. The van der Waals surface area contributed by atoms with Gasteiger partial charge < -0.3 is 9.55 Å². The molecule has 7 nitrogen and oxygen atoms in total. The van der Waals surface area contributed by atoms with Gasteiger partial charge in [-0.15, -0.1) is 0 Å². The average molecular weight is 366 g/mol. The molecule has 1 atom stereocenters. The maximum Gasteiger partial charge on any atom is 0.261 e. The first-order valence-electron chi connectivity index (χ1n) is 7.62. The quantitative estimate of drug-likeness (QED) is 0.772. The van der Waals surface area contributed by atoms with E-state index in [1.54, 1.807) is 7.05 Å². The number of rotatable bonds is 3. The van der Waals surface area contributed by atoms with E-state index in [9.17, 15) is 8.42 Å². The highest BCUT2D eigenvalue weighted by molar-refractivity contribution is 7.89. The molecule has 1 aliphatic rings. The van der Waals surface area contributed by atoms with Crippen molar-refractivity contribution in [1.82, 2.24) is 23.8 Å². The number of para-hydroxylation sites is 2. The Labute approximate surface area is 144 Å². The fourth-order valence-electron chi connectivity index (χ4n) is 3.16. The van der Waals surface area contributed by atoms with E-state index in [0.717, 1.165) is 23.9 Å². The van der Waals surface area contributed by atoms with Gasteiger partial charge in [-0.3, -0.25) is 0 Å². The van der Waals surface area contributed by atoms with Crippen molar-refractivity contribution < 1.29 is 8.42 Å². The Kier molecular flexibility index (Phi) is 3.63. The second kappa shape index (κ2) is 5.58. The van der Waals surface area contributed by atoms with Crippen molar-refractivity contribution in [1.29, 1.82) is 0 Å². The first-order chi connectivity index (χ1) is 11.5. The number of nitrogens with one attached hydrogen (secondary N) is 1. The van der Waals surface area contributed by atoms with E-state index in [2.05, 4.69) is 15.0 Å². The molecule has 2 aromatic heterocycles. The Morgan fingerprint density at radius 1 is 1.33 bits per heavy atom. The van der Waals surface area contributed by atoms with Crippen LogP contribution in [0.4, 0.5) is 0 Å². The fraction of sp³-hybridized carbons (Fsp3) is 0.333. The number of benzene rings is 1. The summed E-state index contributed by atoms with van der Waals surface area (Å²) in [7, 11) is -2.10. The van der Waals surface area contributed by atoms with E-state index in [1.165, 1.54) is 15.1 Å². The number of hydrogen-bond acceptors (Lipinski definition) is 4. The van der Waals surface area contributed by atoms with Crippen LogP contribution in [0.15, 0.2) is 35.5 Å². The normalized spacial score (nSPS) is 19.3. The molecule has 0 amide bonds. The standard InChI is InChI=1S/C15H16ClN5O2S/c1-20-13(9-17-15(20)16)24(22,23)21-8-4-7-12(21)14-18-10-5-2-3-6-11(10)19-14/h2-3,5-6,9,12H,4,7-8H2,1H3,(H,18,19)/t12-/m0/s1. The van der Waals surface area contributed by atoms with Gasteiger partial charge in [-0.1, -0.05) is 12.1 Å². The second-order valence-corrected chi connectivity index (χ2v) is 8.01. The summed E-state index contributed by atoms with van der Waals surface area (Å²) < 4.78 is 28.9. The zero-order valence-electron chi connectivity index (χ0n) is 13.0. The van der Waals surface area contributed by atoms with E-state index in [-0.39, 0.29) is 16.4 Å². The van der Waals surface area contributed by atoms with Gasteiger partial charge in [-0.05, 0) is 36.6 Å². The lowest BCUT2D eigenvalue weighted by atomic mass is 10.2. The number of nitrogens with zero attached hydrogens (tertiary/aromatic N) is 4. The molecule has 1 aromatic carbocycles. The molecule has 0 spiro atoms. The minimum absolute atomic E-state index is 0.0931. The molecule has 0 aliphatic carbocycles. The zero-order chi connectivity index (χ0) is 16.9. The molecule has 0 unspecified atom stereocenters. The van der Waals surface area contributed by atoms with Gasteiger partial charge in [0.25, 0.3) is 10.0 Å². The highest BCUT2D eigenvalue weighted by Gasteiger charge is 2.39. The molecule has 1 fully saturated rings. The van der Waals surface area contributed by atoms with Crippen LogP contribution < -0.4 is 0 Å². The van der Waals surface area contributed by atoms with Crippen LogP contribution >= 0.6 is 11.6 Å². The SMILES string of the molecule is Cn1c(S(=O)(=O)N2CCC[C@H]2c2nc3ccccc3[nH]2)cnc1Cl. The van der Waals surface area contributed by atoms with Crippen LogP contribution in [0.1, 0.15) is 24.7 Å². The minimum Gasteiger partial charge on any atom is -0.341 e. The molecular weight excluding hydrogens is 350 g/mol. The predicted molar refractivity (Wildman–Crippen MR) is 90.2 cm³/mol. The minimum atomic E-state index is -3.69. The predicted octanol–water partition coefficient (Wildman–Crippen LogP) is 2.48. The molecule has 9 heteroatoms. The lowest BCUT2D eigenvalue weighted by Crippen LogP contribution is -2.32. The van der Waals surface area contributed by atoms with E-state index in [0.29, 0.717) is 12.4 Å². The third-order valence-electron chi connectivity index (χ3n) is 4.39. The second-order valence-electron chi connectivity index (χ2n) is 5.84. The Bertz CT molecular complexity index is 977. The maximum absolute atomic E-state index is 13.0. The van der Waals surface area contributed by atoms with Crippen LogP contribution in [0, 0.1) is 0 Å². The van der Waals surface area contributed by atoms with Crippen LogP contribution in [-0.4, -0.2) is 38.8 Å². The molecule has 1 saturated heterocycles. The molecule has 1 N–H and O–H groups in total. The van der Waals surface area contributed by atoms with Crippen molar-refractivity contribution in [2.45, 2.75) is 23.9 Å². The van der Waals surface area contributed by atoms with Gasteiger partial charge in [0.15, 0.2) is 5.03 Å². The number of H-pyrrole nitrogens is 1. The summed E-state index contributed by atoms with van der Waals surface area (Å²) in [5, 5.41) is 0.239. The summed E-state index contributed by atoms with van der Waals surface area (Å²) in [5.41, 5.74) is 1.74. The van der Waals surface area contributed by atoms with Gasteiger partial charge in [0.2, 0.25) is 5.28 Å². The summed E-state index contributed by atoms with van der Waals surface area (Å²) >= 11 is 5.90. The molecule has 126 valence electrons. The molecule has 0 bridgehead atoms. The highest BCUT2D eigenvalue weighted by Crippen LogP contribution is 2.36. The smallest absolute Gasteiger partial charge is 0.261 e. The van der Waals surface area contributed by atoms with Crippen LogP contribution in [0.3, 0.4) is 0 Å². The van der Waals surface area contributed by atoms with E-state index < -0.39 is 10.0 Å². The number of sulfonamides is 1. The van der Waals surface area contributed by atoms with Crippen molar-refractivity contribution in [3.05, 3.63) is 41.6 Å². The number of hydrogen-bond donors (Lipinski definition) is 1. The largest absolute Gasteiger partial charge is 0.341 e. The summed E-state index contributed by atoms with van der Waals surface area (Å²) in [6.07, 6.45) is 2.81. The van der Waals surface area contributed by atoms with Gasteiger partial charge in [0.05, 0.1) is 23.3 Å². The van der Waals surface area contributed by atoms with E-state index in [1.807, 2.05) is 24.3 Å². The number of aromatic amines is 1. The first-order valence-corrected chi connectivity index (χ1v) is 9.44. The topological polar surface area (TPSA) is 83.9 Å². The Hall–Kier alpha value is -1.90. The van der Waals surface area contributed by atoms with Crippen LogP contribution in [0.5, 0.6) is 0 Å². The van der Waals surface area contributed by atoms with Gasteiger partial charge in [-0.2, -0.15) is 4.31 Å². The Balaban J connectivity index is 1.76. The van der Waals surface area contributed by atoms with Crippen molar-refractivity contribution in [3.63, 3.8) is 0 Å². The monoisotopic (exact) mass is 365 g/mol. The molecule has 24 heavy (non-hydrogen) atoms. The van der Waals surface area contributed by atoms with Crippen molar-refractivity contribution in [3.8, 4) is 0 Å². The lowest BCUT2D eigenvalue weighted by molar-refractivity contribution is 0.382. The lowest BCUT2D eigenvalue weighted by Gasteiger charge is -2.22. The molecule has 0 radical (unpaired) electrons. The van der Waals surface area contributed by atoms with E-state index >= 15 is 0 Å². The van der Waals surface area contributed by atoms with Crippen LogP contribution in [0.25, 0.3) is 11.0 Å². The summed E-state index contributed by atoms with van der Waals surface area (Å²) in [6.45, 7) is 0.451. The highest BCUT2D eigenvalue weighted by atomic mass is 35.5. The number of imidazole rings is 2. The number of halogens is 1. The van der Waals surface area contributed by atoms with Crippen LogP contribution in [-0.2, 0) is 17.1 Å². The van der Waals surface area contributed by atoms with Gasteiger partial charge in [0, 0.05) is 13.6 Å². The summed E-state index contributed by atoms with van der Waals surface area (Å²) in [4.78, 5) is 11.7. The van der Waals surface area contributed by atoms with Crippen molar-refractivity contribution in [2.24, 2.45) is 7.05 Å². The van der Waals surface area contributed by atoms with Crippen LogP contribution in [0.2, 0.25) is 5.28 Å². The Morgan fingerprint density at radius 3 is 2.83 bits per heavy atom. The van der Waals surface area contributed by atoms with Gasteiger partial charge in [-0.25, -0.2) is 18.4 Å². The molecule has 0 saturated carbocycles. The molecule has 3 aromatic rings. The Morgan fingerprint density at radius 2 is 2.12 bits per heavy atom. The maximum atomic E-state index is 13.0. The van der Waals surface area contributed by atoms with E-state index in [4.69, 9.17) is 11.6 Å². The molecular formula is C15H16ClN5O2S. The number of fused-ring (bicyclic) bond motifs is 1. The molecule has 4 rings (SSSR count). The third-order valence-corrected chi connectivity index (χ3v) is 6.70. The van der Waals surface area contributed by atoms with Gasteiger partial charge >= 0.3 is 0 Å². The first kappa shape index (κ1) is 15.6. The van der Waals surface area contributed by atoms with Crippen molar-refractivity contribution in [2.75, 3.05) is 6.54 Å². The molecule has 1 aliphatic heterocycles. The zero-order valence-corrected chi connectivity index (χ0v) is 14.5. The third kappa shape index (κ3) is 2.33. The summed E-state index contributed by atoms with van der Waals surface area (Å²) in [6, 6.07) is 7.36. The van der Waals surface area contributed by atoms with Gasteiger partial charge in [0.1, 0.15) is 5.82 Å². The number of aromatic nitrogens is 4. The molecule has 3 heterocycles. The van der Waals surface area contributed by atoms with Crippen molar-refractivity contribution >= 4 is 32.7 Å². The fourth-order valence-corrected chi connectivity index (χ4v) is 5.12.